The summed E-state index contributed by atoms with van der Waals surface area (Å²) < 4.78 is 5.83. The monoisotopic (exact) mass is 262 g/mol. The van der Waals surface area contributed by atoms with Crippen LogP contribution in [0.1, 0.15) is 24.5 Å². The van der Waals surface area contributed by atoms with Crippen LogP contribution >= 0.6 is 0 Å². The molecule has 1 aromatic rings. The Balaban J connectivity index is 1.82. The summed E-state index contributed by atoms with van der Waals surface area (Å²) in [7, 11) is 0. The molecule has 0 bridgehead atoms. The zero-order valence-electron chi connectivity index (χ0n) is 11.9. The van der Waals surface area contributed by atoms with Crippen LogP contribution in [0.15, 0.2) is 18.2 Å². The molecule has 1 atom stereocenters. The first kappa shape index (κ1) is 13.7. The molecule has 1 heterocycles. The molecule has 4 heteroatoms. The Morgan fingerprint density at radius 2 is 2.00 bits per heavy atom. The van der Waals surface area contributed by atoms with E-state index in [0.717, 1.165) is 36.4 Å². The van der Waals surface area contributed by atoms with Crippen LogP contribution in [-0.2, 0) is 0 Å². The van der Waals surface area contributed by atoms with Crippen molar-refractivity contribution >= 4 is 6.03 Å². The number of hydrogen-bond acceptors (Lipinski definition) is 2. The minimum Gasteiger partial charge on any atom is -0.491 e. The van der Waals surface area contributed by atoms with Crippen LogP contribution in [-0.4, -0.2) is 36.7 Å². The molecular weight excluding hydrogens is 240 g/mol. The molecule has 1 aromatic carbocycles. The lowest BCUT2D eigenvalue weighted by Crippen LogP contribution is -2.51. The number of urea groups is 1. The number of para-hydroxylation sites is 1. The van der Waals surface area contributed by atoms with Gasteiger partial charge in [0.1, 0.15) is 12.4 Å². The van der Waals surface area contributed by atoms with Crippen LogP contribution < -0.4 is 10.1 Å². The van der Waals surface area contributed by atoms with E-state index in [-0.39, 0.29) is 12.1 Å². The number of rotatable bonds is 4. The Kier molecular flexibility index (Phi) is 4.30. The third-order valence-electron chi connectivity index (χ3n) is 3.40. The van der Waals surface area contributed by atoms with Gasteiger partial charge in [0.25, 0.3) is 0 Å². The lowest BCUT2D eigenvalue weighted by molar-refractivity contribution is 0.159. The summed E-state index contributed by atoms with van der Waals surface area (Å²) >= 11 is 0. The first-order valence-electron chi connectivity index (χ1n) is 6.82. The standard InChI is InChI=1S/C15H22N2O2/c1-11-6-4-7-12(2)14(11)19-10-13(3)16-15(18)17-8-5-9-17/h4,6-7,13H,5,8-10H2,1-3H3,(H,16,18)/t13-/m0/s1. The predicted molar refractivity (Wildman–Crippen MR) is 75.6 cm³/mol. The first-order chi connectivity index (χ1) is 9.08. The van der Waals surface area contributed by atoms with Crippen molar-refractivity contribution < 1.29 is 9.53 Å². The van der Waals surface area contributed by atoms with Gasteiger partial charge in [0.15, 0.2) is 0 Å². The van der Waals surface area contributed by atoms with Gasteiger partial charge in [-0.3, -0.25) is 0 Å². The number of likely N-dealkylation sites (tertiary alicyclic amines) is 1. The second-order valence-electron chi connectivity index (χ2n) is 5.22. The number of aryl methyl sites for hydroxylation is 2. The topological polar surface area (TPSA) is 41.6 Å². The van der Waals surface area contributed by atoms with E-state index in [9.17, 15) is 4.79 Å². The van der Waals surface area contributed by atoms with E-state index >= 15 is 0 Å². The number of hydrogen-bond donors (Lipinski definition) is 1. The molecule has 1 N–H and O–H groups in total. The van der Waals surface area contributed by atoms with Gasteiger partial charge in [-0.2, -0.15) is 0 Å². The van der Waals surface area contributed by atoms with E-state index in [1.165, 1.54) is 0 Å². The summed E-state index contributed by atoms with van der Waals surface area (Å²) in [5.74, 6) is 0.924. The lowest BCUT2D eigenvalue weighted by Gasteiger charge is -2.32. The summed E-state index contributed by atoms with van der Waals surface area (Å²) in [4.78, 5) is 13.6. The van der Waals surface area contributed by atoms with Gasteiger partial charge >= 0.3 is 6.03 Å². The summed E-state index contributed by atoms with van der Waals surface area (Å²) in [6.07, 6.45) is 1.11. The molecule has 2 amide bonds. The second kappa shape index (κ2) is 5.95. The van der Waals surface area contributed by atoms with E-state index in [2.05, 4.69) is 5.32 Å². The summed E-state index contributed by atoms with van der Waals surface area (Å²) in [6, 6.07) is 6.11. The maximum Gasteiger partial charge on any atom is 0.317 e. The largest absolute Gasteiger partial charge is 0.491 e. The predicted octanol–water partition coefficient (Wildman–Crippen LogP) is 2.49. The van der Waals surface area contributed by atoms with Crippen molar-refractivity contribution in [2.75, 3.05) is 19.7 Å². The Labute approximate surface area is 114 Å². The average molecular weight is 262 g/mol. The third kappa shape index (κ3) is 3.40. The minimum atomic E-state index is 0.00658. The van der Waals surface area contributed by atoms with Crippen molar-refractivity contribution in [3.8, 4) is 5.75 Å². The molecule has 1 fully saturated rings. The fraction of sp³-hybridized carbons (Fsp3) is 0.533. The number of amides is 2. The normalized spacial score (nSPS) is 15.6. The van der Waals surface area contributed by atoms with E-state index in [0.29, 0.717) is 6.61 Å². The summed E-state index contributed by atoms with van der Waals surface area (Å²) in [5.41, 5.74) is 2.25. The molecule has 1 aliphatic rings. The Morgan fingerprint density at radius 1 is 1.37 bits per heavy atom. The van der Waals surface area contributed by atoms with Crippen LogP contribution in [0.4, 0.5) is 4.79 Å². The number of benzene rings is 1. The maximum absolute atomic E-state index is 11.7. The molecule has 1 aliphatic heterocycles. The van der Waals surface area contributed by atoms with Gasteiger partial charge in [-0.25, -0.2) is 4.79 Å². The molecule has 1 saturated heterocycles. The Morgan fingerprint density at radius 3 is 2.53 bits per heavy atom. The van der Waals surface area contributed by atoms with Crippen LogP contribution in [0.2, 0.25) is 0 Å². The fourth-order valence-corrected chi connectivity index (χ4v) is 2.10. The van der Waals surface area contributed by atoms with E-state index in [1.54, 1.807) is 0 Å². The molecule has 0 radical (unpaired) electrons. The van der Waals surface area contributed by atoms with Crippen molar-refractivity contribution in [1.82, 2.24) is 10.2 Å². The molecule has 0 spiro atoms. The zero-order chi connectivity index (χ0) is 13.8. The molecule has 0 saturated carbocycles. The lowest BCUT2D eigenvalue weighted by atomic mass is 10.1. The van der Waals surface area contributed by atoms with Gasteiger partial charge in [0, 0.05) is 13.1 Å². The number of carbonyl (C=O) groups excluding carboxylic acids is 1. The highest BCUT2D eigenvalue weighted by Gasteiger charge is 2.21. The van der Waals surface area contributed by atoms with Gasteiger partial charge in [-0.1, -0.05) is 18.2 Å². The van der Waals surface area contributed by atoms with Crippen LogP contribution in [0.5, 0.6) is 5.75 Å². The Bertz CT molecular complexity index is 435. The highest BCUT2D eigenvalue weighted by molar-refractivity contribution is 5.75. The Hall–Kier alpha value is -1.71. The highest BCUT2D eigenvalue weighted by atomic mass is 16.5. The van der Waals surface area contributed by atoms with Crippen molar-refractivity contribution in [3.63, 3.8) is 0 Å². The average Bonchev–Trinajstić information content (AvgIpc) is 2.25. The molecule has 19 heavy (non-hydrogen) atoms. The van der Waals surface area contributed by atoms with Crippen molar-refractivity contribution in [2.24, 2.45) is 0 Å². The van der Waals surface area contributed by atoms with Crippen LogP contribution in [0.3, 0.4) is 0 Å². The van der Waals surface area contributed by atoms with Crippen molar-refractivity contribution in [2.45, 2.75) is 33.2 Å². The first-order valence-corrected chi connectivity index (χ1v) is 6.82. The summed E-state index contributed by atoms with van der Waals surface area (Å²) in [6.45, 7) is 8.26. The van der Waals surface area contributed by atoms with Gasteiger partial charge in [-0.15, -0.1) is 0 Å². The smallest absolute Gasteiger partial charge is 0.317 e. The zero-order valence-corrected chi connectivity index (χ0v) is 11.9. The van der Waals surface area contributed by atoms with Gasteiger partial charge in [0.05, 0.1) is 6.04 Å². The van der Waals surface area contributed by atoms with Crippen LogP contribution in [0, 0.1) is 13.8 Å². The molecule has 104 valence electrons. The maximum atomic E-state index is 11.7. The van der Waals surface area contributed by atoms with Gasteiger partial charge in [0.2, 0.25) is 0 Å². The molecule has 2 rings (SSSR count). The fourth-order valence-electron chi connectivity index (χ4n) is 2.10. The van der Waals surface area contributed by atoms with E-state index < -0.39 is 0 Å². The quantitative estimate of drug-likeness (QED) is 0.905. The molecule has 0 aliphatic carbocycles. The second-order valence-corrected chi connectivity index (χ2v) is 5.22. The van der Waals surface area contributed by atoms with Crippen molar-refractivity contribution in [1.29, 1.82) is 0 Å². The van der Waals surface area contributed by atoms with Crippen LogP contribution in [0.25, 0.3) is 0 Å². The number of nitrogens with zero attached hydrogens (tertiary/aromatic N) is 1. The number of ether oxygens (including phenoxy) is 1. The van der Waals surface area contributed by atoms with Gasteiger partial charge < -0.3 is 15.0 Å². The molecular formula is C15H22N2O2. The molecule has 0 unspecified atom stereocenters. The van der Waals surface area contributed by atoms with E-state index in [1.807, 2.05) is 43.9 Å². The highest BCUT2D eigenvalue weighted by Crippen LogP contribution is 2.22. The van der Waals surface area contributed by atoms with E-state index in [4.69, 9.17) is 4.74 Å². The minimum absolute atomic E-state index is 0.00658. The summed E-state index contributed by atoms with van der Waals surface area (Å²) in [5, 5.41) is 2.95. The van der Waals surface area contributed by atoms with Crippen molar-refractivity contribution in [3.05, 3.63) is 29.3 Å². The SMILES string of the molecule is Cc1cccc(C)c1OC[C@H](C)NC(=O)N1CCC1. The van der Waals surface area contributed by atoms with Gasteiger partial charge in [-0.05, 0) is 38.3 Å². The number of carbonyl (C=O) groups is 1. The molecule has 0 aromatic heterocycles. The third-order valence-corrected chi connectivity index (χ3v) is 3.40. The number of nitrogens with one attached hydrogen (secondary N) is 1. The molecule has 4 nitrogen and oxygen atoms in total.